The molecule has 1 unspecified atom stereocenters. The van der Waals surface area contributed by atoms with E-state index in [1.165, 1.54) is 12.0 Å². The van der Waals surface area contributed by atoms with Crippen molar-refractivity contribution in [2.45, 2.75) is 45.1 Å². The quantitative estimate of drug-likeness (QED) is 0.862. The Balaban J connectivity index is 2.10. The average Bonchev–Trinajstić information content (AvgIpc) is 2.40. The molecule has 116 valence electrons. The van der Waals surface area contributed by atoms with Crippen molar-refractivity contribution >= 4 is 23.4 Å². The van der Waals surface area contributed by atoms with E-state index in [2.05, 4.69) is 10.6 Å². The Morgan fingerprint density at radius 2 is 2.19 bits per heavy atom. The van der Waals surface area contributed by atoms with Crippen LogP contribution < -0.4 is 10.6 Å². The van der Waals surface area contributed by atoms with Gasteiger partial charge in [-0.15, -0.1) is 0 Å². The number of nitrogens with one attached hydrogen (secondary N) is 2. The molecule has 0 saturated carbocycles. The van der Waals surface area contributed by atoms with Crippen molar-refractivity contribution in [2.24, 2.45) is 0 Å². The molecule has 2 rings (SSSR count). The van der Waals surface area contributed by atoms with Crippen LogP contribution in [-0.2, 0) is 4.74 Å². The van der Waals surface area contributed by atoms with Crippen LogP contribution in [0.2, 0.25) is 5.02 Å². The third-order valence-electron chi connectivity index (χ3n) is 3.39. The molecule has 1 atom stereocenters. The summed E-state index contributed by atoms with van der Waals surface area (Å²) < 4.78 is 5.26. The van der Waals surface area contributed by atoms with Crippen molar-refractivity contribution in [2.75, 3.05) is 18.4 Å². The molecule has 1 saturated heterocycles. The van der Waals surface area contributed by atoms with E-state index < -0.39 is 11.7 Å². The molecule has 4 nitrogen and oxygen atoms in total. The lowest BCUT2D eigenvalue weighted by Crippen LogP contribution is -2.29. The van der Waals surface area contributed by atoms with Gasteiger partial charge >= 0.3 is 6.09 Å². The second-order valence-electron chi connectivity index (χ2n) is 6.41. The fourth-order valence-electron chi connectivity index (χ4n) is 2.44. The lowest BCUT2D eigenvalue weighted by atomic mass is 9.91. The fraction of sp³-hybridized carbons (Fsp3) is 0.562. The Labute approximate surface area is 131 Å². The topological polar surface area (TPSA) is 50.4 Å². The van der Waals surface area contributed by atoms with E-state index in [4.69, 9.17) is 16.3 Å². The molecule has 21 heavy (non-hydrogen) atoms. The molecule has 1 fully saturated rings. The largest absolute Gasteiger partial charge is 0.444 e. The summed E-state index contributed by atoms with van der Waals surface area (Å²) in [6.07, 6.45) is 1.84. The van der Waals surface area contributed by atoms with Crippen molar-refractivity contribution in [3.05, 3.63) is 28.8 Å². The highest BCUT2D eigenvalue weighted by atomic mass is 35.5. The maximum absolute atomic E-state index is 11.9. The summed E-state index contributed by atoms with van der Waals surface area (Å²) in [6, 6.07) is 5.81. The van der Waals surface area contributed by atoms with Crippen molar-refractivity contribution in [1.29, 1.82) is 0 Å². The molecule has 5 heteroatoms. The normalized spacial score (nSPS) is 19.1. The monoisotopic (exact) mass is 310 g/mol. The van der Waals surface area contributed by atoms with E-state index in [-0.39, 0.29) is 0 Å². The zero-order valence-corrected chi connectivity index (χ0v) is 13.6. The number of carbonyl (C=O) groups excluding carboxylic acids is 1. The van der Waals surface area contributed by atoms with Crippen LogP contribution in [0.25, 0.3) is 0 Å². The van der Waals surface area contributed by atoms with Gasteiger partial charge < -0.3 is 10.1 Å². The third kappa shape index (κ3) is 4.90. The molecule has 1 aromatic rings. The number of ether oxygens (including phenoxy) is 1. The third-order valence-corrected chi connectivity index (χ3v) is 3.72. The summed E-state index contributed by atoms with van der Waals surface area (Å²) in [5.74, 6) is 0.468. The summed E-state index contributed by atoms with van der Waals surface area (Å²) in [7, 11) is 0. The van der Waals surface area contributed by atoms with Crippen molar-refractivity contribution in [3.63, 3.8) is 0 Å². The number of carbonyl (C=O) groups is 1. The molecular weight excluding hydrogens is 288 g/mol. The van der Waals surface area contributed by atoms with E-state index in [1.807, 2.05) is 39.0 Å². The number of hydrogen-bond acceptors (Lipinski definition) is 3. The summed E-state index contributed by atoms with van der Waals surface area (Å²) in [5, 5.41) is 6.65. The summed E-state index contributed by atoms with van der Waals surface area (Å²) in [4.78, 5) is 11.9. The number of rotatable bonds is 2. The summed E-state index contributed by atoms with van der Waals surface area (Å²) >= 11 is 6.16. The Morgan fingerprint density at radius 3 is 2.81 bits per heavy atom. The zero-order valence-electron chi connectivity index (χ0n) is 12.8. The minimum atomic E-state index is -0.526. The second kappa shape index (κ2) is 6.67. The molecule has 1 aliphatic rings. The van der Waals surface area contributed by atoms with E-state index in [0.717, 1.165) is 19.5 Å². The lowest BCUT2D eigenvalue weighted by Gasteiger charge is -2.24. The van der Waals surface area contributed by atoms with Crippen LogP contribution in [-0.4, -0.2) is 24.8 Å². The van der Waals surface area contributed by atoms with Crippen molar-refractivity contribution < 1.29 is 9.53 Å². The Hall–Kier alpha value is -1.26. The predicted octanol–water partition coefficient (Wildman–Crippen LogP) is 4.15. The van der Waals surface area contributed by atoms with Gasteiger partial charge in [-0.2, -0.15) is 0 Å². The van der Waals surface area contributed by atoms with Gasteiger partial charge in [0.1, 0.15) is 5.60 Å². The van der Waals surface area contributed by atoms with Gasteiger partial charge in [0.05, 0.1) is 10.7 Å². The Kier molecular flexibility index (Phi) is 5.12. The molecule has 1 amide bonds. The molecule has 1 aliphatic heterocycles. The fourth-order valence-corrected chi connectivity index (χ4v) is 2.61. The van der Waals surface area contributed by atoms with E-state index in [0.29, 0.717) is 16.6 Å². The highest BCUT2D eigenvalue weighted by Gasteiger charge is 2.19. The minimum Gasteiger partial charge on any atom is -0.444 e. The molecule has 0 spiro atoms. The van der Waals surface area contributed by atoms with Gasteiger partial charge in [-0.1, -0.05) is 17.7 Å². The first kappa shape index (κ1) is 16.1. The van der Waals surface area contributed by atoms with Crippen molar-refractivity contribution in [3.8, 4) is 0 Å². The van der Waals surface area contributed by atoms with Gasteiger partial charge in [0, 0.05) is 6.54 Å². The van der Waals surface area contributed by atoms with Crippen LogP contribution in [0.15, 0.2) is 18.2 Å². The van der Waals surface area contributed by atoms with E-state index in [9.17, 15) is 4.79 Å². The number of piperidine rings is 1. The number of halogens is 1. The number of anilines is 1. The highest BCUT2D eigenvalue weighted by molar-refractivity contribution is 6.33. The van der Waals surface area contributed by atoms with Crippen LogP contribution in [0.4, 0.5) is 10.5 Å². The molecule has 0 bridgehead atoms. The summed E-state index contributed by atoms with van der Waals surface area (Å²) in [6.45, 7) is 7.54. The number of benzene rings is 1. The van der Waals surface area contributed by atoms with Gasteiger partial charge in [0.2, 0.25) is 0 Å². The van der Waals surface area contributed by atoms with Gasteiger partial charge in [0.25, 0.3) is 0 Å². The standard InChI is InChI=1S/C16H23ClN2O2/c1-16(2,3)21-15(20)19-14-9-11(6-7-13(14)17)12-5-4-8-18-10-12/h6-7,9,12,18H,4-5,8,10H2,1-3H3,(H,19,20). The molecule has 2 N–H and O–H groups in total. The summed E-state index contributed by atoms with van der Waals surface area (Å²) in [5.41, 5.74) is 1.27. The first-order valence-corrected chi connectivity index (χ1v) is 7.73. The minimum absolute atomic E-state index is 0.468. The van der Waals surface area contributed by atoms with E-state index in [1.54, 1.807) is 0 Å². The first-order chi connectivity index (χ1) is 9.85. The molecule has 1 aromatic carbocycles. The van der Waals surface area contributed by atoms with Crippen molar-refractivity contribution in [1.82, 2.24) is 5.32 Å². The SMILES string of the molecule is CC(C)(C)OC(=O)Nc1cc(C2CCCNC2)ccc1Cl. The average molecular weight is 311 g/mol. The highest BCUT2D eigenvalue weighted by Crippen LogP contribution is 2.30. The molecule has 0 aromatic heterocycles. The van der Waals surface area contributed by atoms with Crippen LogP contribution in [0.3, 0.4) is 0 Å². The zero-order chi connectivity index (χ0) is 15.5. The van der Waals surface area contributed by atoms with Gasteiger partial charge in [-0.25, -0.2) is 4.79 Å². The van der Waals surface area contributed by atoms with Gasteiger partial charge in [-0.3, -0.25) is 5.32 Å². The Bertz CT molecular complexity index is 505. The van der Waals surface area contributed by atoms with Gasteiger partial charge in [-0.05, 0) is 63.8 Å². The molecule has 0 aliphatic carbocycles. The van der Waals surface area contributed by atoms with Crippen LogP contribution in [0.5, 0.6) is 0 Å². The first-order valence-electron chi connectivity index (χ1n) is 7.35. The van der Waals surface area contributed by atoms with Crippen LogP contribution in [0.1, 0.15) is 45.1 Å². The van der Waals surface area contributed by atoms with Crippen LogP contribution >= 0.6 is 11.6 Å². The maximum atomic E-state index is 11.9. The number of hydrogen-bond donors (Lipinski definition) is 2. The lowest BCUT2D eigenvalue weighted by molar-refractivity contribution is 0.0636. The smallest absolute Gasteiger partial charge is 0.412 e. The molecule has 0 radical (unpaired) electrons. The molecule has 1 heterocycles. The predicted molar refractivity (Wildman–Crippen MR) is 86.2 cm³/mol. The van der Waals surface area contributed by atoms with Crippen LogP contribution in [0, 0.1) is 0 Å². The second-order valence-corrected chi connectivity index (χ2v) is 6.82. The number of amides is 1. The Morgan fingerprint density at radius 1 is 1.43 bits per heavy atom. The maximum Gasteiger partial charge on any atom is 0.412 e. The molecular formula is C16H23ClN2O2. The van der Waals surface area contributed by atoms with Gasteiger partial charge in [0.15, 0.2) is 0 Å². The van der Waals surface area contributed by atoms with E-state index >= 15 is 0 Å².